The first-order valence-corrected chi connectivity index (χ1v) is 10.9. The van der Waals surface area contributed by atoms with E-state index >= 15 is 0 Å². The summed E-state index contributed by atoms with van der Waals surface area (Å²) in [5.74, 6) is -12.3. The van der Waals surface area contributed by atoms with E-state index in [1.54, 1.807) is 10.9 Å². The van der Waals surface area contributed by atoms with E-state index in [1.165, 1.54) is 0 Å². The van der Waals surface area contributed by atoms with Gasteiger partial charge >= 0.3 is 0 Å². The lowest BCUT2D eigenvalue weighted by Crippen LogP contribution is -2.33. The third-order valence-corrected chi connectivity index (χ3v) is 6.42. The van der Waals surface area contributed by atoms with E-state index in [-0.39, 0.29) is 23.2 Å². The highest BCUT2D eigenvalue weighted by Gasteiger charge is 2.27. The van der Waals surface area contributed by atoms with Gasteiger partial charge in [0.2, 0.25) is 15.8 Å². The van der Waals surface area contributed by atoms with Gasteiger partial charge in [-0.05, 0) is 31.0 Å². The van der Waals surface area contributed by atoms with Crippen LogP contribution in [-0.4, -0.2) is 33.6 Å². The third-order valence-electron chi connectivity index (χ3n) is 4.52. The summed E-state index contributed by atoms with van der Waals surface area (Å²) in [7, 11) is -4.15. The van der Waals surface area contributed by atoms with Crippen molar-refractivity contribution >= 4 is 33.2 Å². The molecule has 0 aliphatic carbocycles. The third kappa shape index (κ3) is 4.95. The van der Waals surface area contributed by atoms with E-state index in [9.17, 15) is 35.2 Å². The number of nitrogens with one attached hydrogen (secondary N) is 3. The van der Waals surface area contributed by atoms with Gasteiger partial charge in [-0.1, -0.05) is 11.6 Å². The number of amides is 1. The quantitative estimate of drug-likeness (QED) is 0.235. The molecule has 1 aliphatic heterocycles. The molecule has 0 saturated carbocycles. The number of carbonyl (C=O) groups is 1. The molecule has 3 rings (SSSR count). The van der Waals surface area contributed by atoms with Gasteiger partial charge in [-0.3, -0.25) is 15.6 Å². The van der Waals surface area contributed by atoms with Gasteiger partial charge in [0.1, 0.15) is 10.6 Å². The molecule has 3 N–H and O–H groups in total. The van der Waals surface area contributed by atoms with Gasteiger partial charge in [0.25, 0.3) is 5.91 Å². The van der Waals surface area contributed by atoms with Crippen molar-refractivity contribution in [1.82, 2.24) is 10.1 Å². The van der Waals surface area contributed by atoms with Gasteiger partial charge in [0, 0.05) is 18.7 Å². The molecule has 1 saturated heterocycles. The highest BCUT2D eigenvalue weighted by Crippen LogP contribution is 2.27. The molecule has 0 aromatic heterocycles. The van der Waals surface area contributed by atoms with Crippen LogP contribution in [-0.2, 0) is 14.8 Å². The van der Waals surface area contributed by atoms with E-state index in [0.717, 1.165) is 24.6 Å². The highest BCUT2D eigenvalue weighted by atomic mass is 35.5. The number of hydrogen-bond donors (Lipinski definition) is 3. The predicted molar refractivity (Wildman–Crippen MR) is 103 cm³/mol. The zero-order valence-corrected chi connectivity index (χ0v) is 17.5. The number of rotatable bonds is 7. The van der Waals surface area contributed by atoms with Crippen molar-refractivity contribution in [2.24, 2.45) is 0 Å². The number of anilines is 1. The molecule has 1 unspecified atom stereocenters. The summed E-state index contributed by atoms with van der Waals surface area (Å²) >= 11 is 5.93. The molecule has 7 nitrogen and oxygen atoms in total. The number of sulfonamides is 1. The molecule has 32 heavy (non-hydrogen) atoms. The van der Waals surface area contributed by atoms with E-state index in [1.807, 2.05) is 0 Å². The predicted octanol–water partition coefficient (Wildman–Crippen LogP) is 3.25. The smallest absolute Gasteiger partial charge is 0.269 e. The van der Waals surface area contributed by atoms with Crippen LogP contribution in [0, 0.1) is 29.1 Å². The van der Waals surface area contributed by atoms with Crippen LogP contribution in [0.5, 0.6) is 0 Å². The molecule has 1 heterocycles. The standard InChI is InChI=1S/C18H15ClF5N3O4S/c19-10-4-3-8(6-11(10)32(29,30)25-7-9-2-1-5-31-9)18(28)27-26-17-15(23)13(21)12(20)14(22)16(17)24/h3-4,6,9,25-26H,1-2,5,7H2,(H,27,28). The maximum absolute atomic E-state index is 13.7. The Hall–Kier alpha value is -2.48. The topological polar surface area (TPSA) is 96.5 Å². The highest BCUT2D eigenvalue weighted by molar-refractivity contribution is 7.89. The molecule has 1 fully saturated rings. The van der Waals surface area contributed by atoms with Gasteiger partial charge in [-0.2, -0.15) is 0 Å². The second-order valence-electron chi connectivity index (χ2n) is 6.66. The van der Waals surface area contributed by atoms with Crippen molar-refractivity contribution in [3.8, 4) is 0 Å². The first kappa shape index (κ1) is 24.2. The van der Waals surface area contributed by atoms with Crippen LogP contribution in [0.2, 0.25) is 5.02 Å². The lowest BCUT2D eigenvalue weighted by Gasteiger charge is -2.14. The summed E-state index contributed by atoms with van der Waals surface area (Å²) in [6.45, 7) is 0.496. The zero-order valence-electron chi connectivity index (χ0n) is 15.9. The lowest BCUT2D eigenvalue weighted by atomic mass is 10.2. The zero-order chi connectivity index (χ0) is 23.6. The Bertz CT molecular complexity index is 1130. The van der Waals surface area contributed by atoms with Gasteiger partial charge < -0.3 is 4.74 Å². The SMILES string of the molecule is O=C(NNc1c(F)c(F)c(F)c(F)c1F)c1ccc(Cl)c(S(=O)(=O)NCC2CCCO2)c1. The summed E-state index contributed by atoms with van der Waals surface area (Å²) in [5.41, 5.74) is 1.53. The van der Waals surface area contributed by atoms with Gasteiger partial charge in [0.05, 0.1) is 11.1 Å². The van der Waals surface area contributed by atoms with E-state index < -0.39 is 55.6 Å². The number of ether oxygens (including phenoxy) is 1. The van der Waals surface area contributed by atoms with Crippen LogP contribution in [0.4, 0.5) is 27.6 Å². The maximum Gasteiger partial charge on any atom is 0.269 e. The fourth-order valence-electron chi connectivity index (χ4n) is 2.84. The molecular formula is C18H15ClF5N3O4S. The summed E-state index contributed by atoms with van der Waals surface area (Å²) < 4.78 is 99.7. The summed E-state index contributed by atoms with van der Waals surface area (Å²) in [6.07, 6.45) is 1.15. The molecule has 0 spiro atoms. The largest absolute Gasteiger partial charge is 0.377 e. The van der Waals surface area contributed by atoms with Crippen molar-refractivity contribution < 1.29 is 39.9 Å². The first-order chi connectivity index (χ1) is 15.0. The van der Waals surface area contributed by atoms with Crippen LogP contribution in [0.3, 0.4) is 0 Å². The number of hydrazine groups is 1. The second-order valence-corrected chi connectivity index (χ2v) is 8.80. The molecule has 14 heteroatoms. The fourth-order valence-corrected chi connectivity index (χ4v) is 4.43. The minimum Gasteiger partial charge on any atom is -0.377 e. The molecule has 1 aliphatic rings. The first-order valence-electron chi connectivity index (χ1n) is 9.01. The Kier molecular flexibility index (Phi) is 7.22. The van der Waals surface area contributed by atoms with Crippen LogP contribution >= 0.6 is 11.6 Å². The average Bonchev–Trinajstić information content (AvgIpc) is 3.29. The van der Waals surface area contributed by atoms with Crippen LogP contribution in [0.15, 0.2) is 23.1 Å². The van der Waals surface area contributed by atoms with Crippen molar-refractivity contribution in [2.45, 2.75) is 23.8 Å². The second kappa shape index (κ2) is 9.57. The van der Waals surface area contributed by atoms with Gasteiger partial charge in [-0.25, -0.2) is 35.1 Å². The van der Waals surface area contributed by atoms with E-state index in [2.05, 4.69) is 4.72 Å². The Morgan fingerprint density at radius 1 is 1.06 bits per heavy atom. The molecule has 1 atom stereocenters. The monoisotopic (exact) mass is 499 g/mol. The van der Waals surface area contributed by atoms with Crippen molar-refractivity contribution in [2.75, 3.05) is 18.6 Å². The Labute approximate surface area is 183 Å². The number of hydrogen-bond acceptors (Lipinski definition) is 5. The molecule has 2 aromatic rings. The van der Waals surface area contributed by atoms with Crippen LogP contribution < -0.4 is 15.6 Å². The molecule has 174 valence electrons. The minimum absolute atomic E-state index is 0.0170. The van der Waals surface area contributed by atoms with Crippen molar-refractivity contribution in [3.05, 3.63) is 57.9 Å². The molecule has 1 amide bonds. The summed E-state index contributed by atoms with van der Waals surface area (Å²) in [4.78, 5) is 11.8. The summed E-state index contributed by atoms with van der Waals surface area (Å²) in [5, 5.41) is -0.214. The lowest BCUT2D eigenvalue weighted by molar-refractivity contribution is 0.0962. The Balaban J connectivity index is 1.77. The molecular weight excluding hydrogens is 485 g/mol. The van der Waals surface area contributed by atoms with Crippen molar-refractivity contribution in [3.63, 3.8) is 0 Å². The maximum atomic E-state index is 13.7. The van der Waals surface area contributed by atoms with Crippen LogP contribution in [0.1, 0.15) is 23.2 Å². The number of benzene rings is 2. The Morgan fingerprint density at radius 3 is 2.28 bits per heavy atom. The van der Waals surface area contributed by atoms with Crippen LogP contribution in [0.25, 0.3) is 0 Å². The Morgan fingerprint density at radius 2 is 1.69 bits per heavy atom. The summed E-state index contributed by atoms with van der Waals surface area (Å²) in [6, 6.07) is 3.07. The van der Waals surface area contributed by atoms with Crippen molar-refractivity contribution in [1.29, 1.82) is 0 Å². The normalized spacial score (nSPS) is 16.2. The van der Waals surface area contributed by atoms with E-state index in [4.69, 9.17) is 16.3 Å². The molecule has 0 bridgehead atoms. The number of carbonyl (C=O) groups excluding carboxylic acids is 1. The van der Waals surface area contributed by atoms with Gasteiger partial charge in [0.15, 0.2) is 23.3 Å². The van der Waals surface area contributed by atoms with E-state index in [0.29, 0.717) is 13.0 Å². The van der Waals surface area contributed by atoms with Gasteiger partial charge in [-0.15, -0.1) is 0 Å². The minimum atomic E-state index is -4.15. The molecule has 0 radical (unpaired) electrons. The number of halogens is 6. The average molecular weight is 500 g/mol. The fraction of sp³-hybridized carbons (Fsp3) is 0.278. The molecule has 2 aromatic carbocycles.